The summed E-state index contributed by atoms with van der Waals surface area (Å²) < 4.78 is 0. The first-order valence-corrected chi connectivity index (χ1v) is 8.66. The van der Waals surface area contributed by atoms with Gasteiger partial charge in [0.15, 0.2) is 0 Å². The van der Waals surface area contributed by atoms with Crippen LogP contribution >= 0.6 is 11.8 Å². The van der Waals surface area contributed by atoms with Gasteiger partial charge in [-0.1, -0.05) is 18.2 Å². The average molecular weight is 313 g/mol. The van der Waals surface area contributed by atoms with E-state index in [9.17, 15) is 0 Å². The lowest BCUT2D eigenvalue weighted by Gasteiger charge is -2.30. The maximum atomic E-state index is 6.03. The van der Waals surface area contributed by atoms with E-state index in [4.69, 9.17) is 5.73 Å². The number of fused-ring (bicyclic) bond motifs is 3. The van der Waals surface area contributed by atoms with Gasteiger partial charge in [-0.25, -0.2) is 4.98 Å². The fourth-order valence-corrected chi connectivity index (χ4v) is 4.15. The van der Waals surface area contributed by atoms with Gasteiger partial charge in [-0.2, -0.15) is 4.98 Å². The molecule has 0 aliphatic carbocycles. The molecule has 0 saturated carbocycles. The second kappa shape index (κ2) is 5.78. The van der Waals surface area contributed by atoms with Crippen molar-refractivity contribution in [3.8, 4) is 11.3 Å². The number of aromatic nitrogens is 2. The number of hydrogen-bond acceptors (Lipinski definition) is 6. The van der Waals surface area contributed by atoms with Gasteiger partial charge < -0.3 is 16.0 Å². The van der Waals surface area contributed by atoms with Crippen LogP contribution in [0.15, 0.2) is 29.2 Å². The van der Waals surface area contributed by atoms with Gasteiger partial charge in [0.2, 0.25) is 5.95 Å². The van der Waals surface area contributed by atoms with Gasteiger partial charge in [-0.15, -0.1) is 11.8 Å². The summed E-state index contributed by atoms with van der Waals surface area (Å²) in [7, 11) is 0. The fraction of sp³-hybridized carbons (Fsp3) is 0.375. The molecule has 5 nitrogen and oxygen atoms in total. The predicted molar refractivity (Wildman–Crippen MR) is 91.4 cm³/mol. The normalized spacial score (nSPS) is 17.5. The number of rotatable bonds is 1. The van der Waals surface area contributed by atoms with Crippen LogP contribution in [0.2, 0.25) is 0 Å². The smallest absolute Gasteiger partial charge is 0.222 e. The first-order chi connectivity index (χ1) is 10.8. The lowest BCUT2D eigenvalue weighted by molar-refractivity contribution is 0.583. The zero-order valence-corrected chi connectivity index (χ0v) is 13.2. The number of nitrogen functional groups attached to an aromatic ring is 1. The van der Waals surface area contributed by atoms with Crippen LogP contribution in [0.1, 0.15) is 5.56 Å². The first kappa shape index (κ1) is 13.8. The Morgan fingerprint density at radius 2 is 1.95 bits per heavy atom. The Kier molecular flexibility index (Phi) is 3.63. The molecule has 114 valence electrons. The van der Waals surface area contributed by atoms with E-state index in [1.807, 2.05) is 11.8 Å². The predicted octanol–water partition coefficient (Wildman–Crippen LogP) is 1.78. The molecule has 1 aromatic carbocycles. The molecule has 2 aliphatic heterocycles. The lowest BCUT2D eigenvalue weighted by atomic mass is 10.0. The number of anilines is 2. The number of benzene rings is 1. The Morgan fingerprint density at radius 3 is 2.82 bits per heavy atom. The van der Waals surface area contributed by atoms with Crippen molar-refractivity contribution in [1.82, 2.24) is 15.3 Å². The molecule has 1 saturated heterocycles. The molecular weight excluding hydrogens is 294 g/mol. The highest BCUT2D eigenvalue weighted by atomic mass is 32.2. The van der Waals surface area contributed by atoms with E-state index in [-0.39, 0.29) is 0 Å². The van der Waals surface area contributed by atoms with Crippen LogP contribution in [0.25, 0.3) is 11.3 Å². The number of hydrogen-bond donors (Lipinski definition) is 2. The molecule has 0 bridgehead atoms. The van der Waals surface area contributed by atoms with Crippen molar-refractivity contribution < 1.29 is 0 Å². The molecule has 0 amide bonds. The van der Waals surface area contributed by atoms with E-state index in [0.29, 0.717) is 5.95 Å². The first-order valence-electron chi connectivity index (χ1n) is 7.67. The van der Waals surface area contributed by atoms with Crippen LogP contribution in [-0.2, 0) is 6.42 Å². The van der Waals surface area contributed by atoms with Gasteiger partial charge >= 0.3 is 0 Å². The summed E-state index contributed by atoms with van der Waals surface area (Å²) in [4.78, 5) is 12.8. The van der Waals surface area contributed by atoms with Crippen molar-refractivity contribution in [2.45, 2.75) is 11.3 Å². The quantitative estimate of drug-likeness (QED) is 0.836. The van der Waals surface area contributed by atoms with E-state index >= 15 is 0 Å². The summed E-state index contributed by atoms with van der Waals surface area (Å²) in [6.07, 6.45) is 0.980. The van der Waals surface area contributed by atoms with Crippen LogP contribution in [0, 0.1) is 0 Å². The largest absolute Gasteiger partial charge is 0.368 e. The topological polar surface area (TPSA) is 67.1 Å². The van der Waals surface area contributed by atoms with E-state index in [2.05, 4.69) is 44.5 Å². The van der Waals surface area contributed by atoms with Crippen LogP contribution in [0.4, 0.5) is 11.8 Å². The van der Waals surface area contributed by atoms with Crippen molar-refractivity contribution in [2.24, 2.45) is 0 Å². The minimum atomic E-state index is 0.369. The third-order valence-electron chi connectivity index (χ3n) is 4.17. The van der Waals surface area contributed by atoms with Gasteiger partial charge in [0.1, 0.15) is 5.82 Å². The van der Waals surface area contributed by atoms with Crippen molar-refractivity contribution >= 4 is 23.5 Å². The number of nitrogens with zero attached hydrogens (tertiary/aromatic N) is 3. The van der Waals surface area contributed by atoms with Crippen molar-refractivity contribution in [1.29, 1.82) is 0 Å². The summed E-state index contributed by atoms with van der Waals surface area (Å²) in [5.41, 5.74) is 9.47. The molecule has 2 aromatic rings. The SMILES string of the molecule is Nc1nc2c(c(N3CCNCC3)n1)CCSc1ccccc1-2. The number of piperazine rings is 1. The lowest BCUT2D eigenvalue weighted by Crippen LogP contribution is -2.44. The van der Waals surface area contributed by atoms with Crippen molar-refractivity contribution in [3.05, 3.63) is 29.8 Å². The Morgan fingerprint density at radius 1 is 1.14 bits per heavy atom. The van der Waals surface area contributed by atoms with E-state index in [0.717, 1.165) is 49.9 Å². The Bertz CT molecular complexity index is 697. The maximum Gasteiger partial charge on any atom is 0.222 e. The standard InChI is InChI=1S/C16H19N5S/c17-16-19-14-11-3-1-2-4-13(11)22-10-5-12(14)15(20-16)21-8-6-18-7-9-21/h1-4,18H,5-10H2,(H2,17,19,20). The second-order valence-corrected chi connectivity index (χ2v) is 6.70. The van der Waals surface area contributed by atoms with E-state index in [1.165, 1.54) is 16.0 Å². The summed E-state index contributed by atoms with van der Waals surface area (Å²) in [6.45, 7) is 3.92. The molecule has 0 radical (unpaired) electrons. The number of thioether (sulfide) groups is 1. The molecule has 0 spiro atoms. The Labute approximate surface area is 134 Å². The Hall–Kier alpha value is -1.79. The minimum absolute atomic E-state index is 0.369. The van der Waals surface area contributed by atoms with Crippen molar-refractivity contribution in [2.75, 3.05) is 42.6 Å². The molecule has 4 rings (SSSR count). The molecule has 6 heteroatoms. The highest BCUT2D eigenvalue weighted by molar-refractivity contribution is 7.99. The van der Waals surface area contributed by atoms with Crippen LogP contribution < -0.4 is 16.0 Å². The summed E-state index contributed by atoms with van der Waals surface area (Å²) in [5, 5.41) is 3.39. The highest BCUT2D eigenvalue weighted by Gasteiger charge is 2.24. The van der Waals surface area contributed by atoms with Crippen LogP contribution in [0.3, 0.4) is 0 Å². The highest BCUT2D eigenvalue weighted by Crippen LogP contribution is 2.39. The number of nitrogens with one attached hydrogen (secondary N) is 1. The second-order valence-electron chi connectivity index (χ2n) is 5.56. The number of nitrogens with two attached hydrogens (primary N) is 1. The molecule has 22 heavy (non-hydrogen) atoms. The fourth-order valence-electron chi connectivity index (χ4n) is 3.13. The van der Waals surface area contributed by atoms with Crippen LogP contribution in [0.5, 0.6) is 0 Å². The zero-order valence-electron chi connectivity index (χ0n) is 12.4. The molecule has 1 aromatic heterocycles. The molecule has 3 heterocycles. The van der Waals surface area contributed by atoms with E-state index < -0.39 is 0 Å². The van der Waals surface area contributed by atoms with Crippen LogP contribution in [-0.4, -0.2) is 41.9 Å². The zero-order chi connectivity index (χ0) is 14.9. The van der Waals surface area contributed by atoms with Gasteiger partial charge in [0.05, 0.1) is 5.69 Å². The van der Waals surface area contributed by atoms with Crippen molar-refractivity contribution in [3.63, 3.8) is 0 Å². The summed E-state index contributed by atoms with van der Waals surface area (Å²) in [5.74, 6) is 2.45. The third-order valence-corrected chi connectivity index (χ3v) is 5.25. The monoisotopic (exact) mass is 313 g/mol. The van der Waals surface area contributed by atoms with E-state index in [1.54, 1.807) is 0 Å². The molecular formula is C16H19N5S. The molecule has 1 fully saturated rings. The molecule has 3 N–H and O–H groups in total. The molecule has 2 aliphatic rings. The average Bonchev–Trinajstić information content (AvgIpc) is 2.75. The van der Waals surface area contributed by atoms with Gasteiger partial charge in [-0.3, -0.25) is 0 Å². The minimum Gasteiger partial charge on any atom is -0.368 e. The maximum absolute atomic E-state index is 6.03. The third kappa shape index (κ3) is 2.42. The Balaban J connectivity index is 1.88. The summed E-state index contributed by atoms with van der Waals surface area (Å²) >= 11 is 1.89. The molecule has 0 atom stereocenters. The van der Waals surface area contributed by atoms with Gasteiger partial charge in [0.25, 0.3) is 0 Å². The van der Waals surface area contributed by atoms with Gasteiger partial charge in [-0.05, 0) is 12.5 Å². The summed E-state index contributed by atoms with van der Waals surface area (Å²) in [6, 6.07) is 8.45. The van der Waals surface area contributed by atoms with Gasteiger partial charge in [0, 0.05) is 48.0 Å². The molecule has 0 unspecified atom stereocenters.